The Balaban J connectivity index is 1.69. The number of nitrogen functional groups attached to an aromatic ring is 1. The number of thiazole rings is 1. The standard InChI is InChI=1S/C16H20N4O2S/c1-10-5-12(17)6-14(18-10)15-8-20(3-4-22-15)16(21)7-13-9-23-11(2)19-13/h5-6,9,15H,3-4,7-8H2,1-2H3,(H2,17,18)/t15-/m0/s1. The zero-order chi connectivity index (χ0) is 16.4. The summed E-state index contributed by atoms with van der Waals surface area (Å²) >= 11 is 1.56. The van der Waals surface area contributed by atoms with E-state index in [-0.39, 0.29) is 12.0 Å². The minimum Gasteiger partial charge on any atom is -0.399 e. The molecule has 2 aromatic heterocycles. The molecule has 1 aliphatic heterocycles. The lowest BCUT2D eigenvalue weighted by molar-refractivity contribution is -0.138. The van der Waals surface area contributed by atoms with Crippen molar-refractivity contribution in [2.24, 2.45) is 0 Å². The van der Waals surface area contributed by atoms with E-state index in [9.17, 15) is 4.79 Å². The first kappa shape index (κ1) is 15.9. The molecular weight excluding hydrogens is 312 g/mol. The van der Waals surface area contributed by atoms with Gasteiger partial charge in [-0.2, -0.15) is 0 Å². The number of aromatic nitrogens is 2. The second kappa shape index (κ2) is 6.64. The van der Waals surface area contributed by atoms with Crippen LogP contribution in [0.5, 0.6) is 0 Å². The summed E-state index contributed by atoms with van der Waals surface area (Å²) in [7, 11) is 0. The van der Waals surface area contributed by atoms with Crippen molar-refractivity contribution in [1.29, 1.82) is 0 Å². The first-order chi connectivity index (χ1) is 11.0. The van der Waals surface area contributed by atoms with Gasteiger partial charge in [-0.05, 0) is 26.0 Å². The van der Waals surface area contributed by atoms with Gasteiger partial charge in [-0.1, -0.05) is 0 Å². The van der Waals surface area contributed by atoms with Gasteiger partial charge in [0, 0.05) is 23.3 Å². The molecule has 0 radical (unpaired) electrons. The number of morpholine rings is 1. The Labute approximate surface area is 139 Å². The highest BCUT2D eigenvalue weighted by molar-refractivity contribution is 7.09. The molecule has 0 spiro atoms. The highest BCUT2D eigenvalue weighted by Gasteiger charge is 2.27. The largest absolute Gasteiger partial charge is 0.399 e. The second-order valence-electron chi connectivity index (χ2n) is 5.70. The lowest BCUT2D eigenvalue weighted by atomic mass is 10.1. The van der Waals surface area contributed by atoms with Crippen LogP contribution < -0.4 is 5.73 Å². The van der Waals surface area contributed by atoms with Crippen LogP contribution in [0.25, 0.3) is 0 Å². The number of nitrogens with two attached hydrogens (primary N) is 1. The highest BCUT2D eigenvalue weighted by atomic mass is 32.1. The van der Waals surface area contributed by atoms with Crippen LogP contribution in [0.4, 0.5) is 5.69 Å². The number of hydrogen-bond donors (Lipinski definition) is 1. The predicted octanol–water partition coefficient (Wildman–Crippen LogP) is 1.88. The Morgan fingerprint density at radius 3 is 2.96 bits per heavy atom. The zero-order valence-electron chi connectivity index (χ0n) is 13.3. The number of carbonyl (C=O) groups excluding carboxylic acids is 1. The van der Waals surface area contributed by atoms with Crippen molar-refractivity contribution >= 4 is 22.9 Å². The number of pyridine rings is 1. The van der Waals surface area contributed by atoms with Crippen molar-refractivity contribution in [3.8, 4) is 0 Å². The van der Waals surface area contributed by atoms with Gasteiger partial charge in [0.15, 0.2) is 0 Å². The van der Waals surface area contributed by atoms with Crippen LogP contribution in [0.2, 0.25) is 0 Å². The summed E-state index contributed by atoms with van der Waals surface area (Å²) in [6, 6.07) is 3.63. The molecule has 0 saturated carbocycles. The van der Waals surface area contributed by atoms with Crippen molar-refractivity contribution in [1.82, 2.24) is 14.9 Å². The molecule has 1 saturated heterocycles. The lowest BCUT2D eigenvalue weighted by Crippen LogP contribution is -2.43. The topological polar surface area (TPSA) is 81.3 Å². The van der Waals surface area contributed by atoms with Crippen LogP contribution >= 0.6 is 11.3 Å². The fourth-order valence-electron chi connectivity index (χ4n) is 2.70. The molecule has 23 heavy (non-hydrogen) atoms. The maximum absolute atomic E-state index is 12.5. The molecule has 3 rings (SSSR count). The van der Waals surface area contributed by atoms with Gasteiger partial charge < -0.3 is 15.4 Å². The molecule has 6 nitrogen and oxygen atoms in total. The van der Waals surface area contributed by atoms with Gasteiger partial charge in [-0.25, -0.2) is 4.98 Å². The number of aryl methyl sites for hydroxylation is 2. The van der Waals surface area contributed by atoms with Gasteiger partial charge in [-0.15, -0.1) is 11.3 Å². The quantitative estimate of drug-likeness (QED) is 0.928. The van der Waals surface area contributed by atoms with E-state index in [1.807, 2.05) is 36.3 Å². The van der Waals surface area contributed by atoms with Gasteiger partial charge in [0.05, 0.1) is 36.0 Å². The third kappa shape index (κ3) is 3.86. The van der Waals surface area contributed by atoms with Gasteiger partial charge in [0.2, 0.25) is 5.91 Å². The van der Waals surface area contributed by atoms with E-state index in [1.54, 1.807) is 11.3 Å². The predicted molar refractivity (Wildman–Crippen MR) is 89.2 cm³/mol. The first-order valence-corrected chi connectivity index (χ1v) is 8.43. The molecule has 1 amide bonds. The maximum Gasteiger partial charge on any atom is 0.228 e. The molecule has 0 aromatic carbocycles. The van der Waals surface area contributed by atoms with Crippen molar-refractivity contribution in [3.05, 3.63) is 39.6 Å². The molecule has 0 aliphatic carbocycles. The third-order valence-electron chi connectivity index (χ3n) is 3.74. The van der Waals surface area contributed by atoms with Crippen molar-refractivity contribution in [2.45, 2.75) is 26.4 Å². The monoisotopic (exact) mass is 332 g/mol. The van der Waals surface area contributed by atoms with Gasteiger partial charge >= 0.3 is 0 Å². The van der Waals surface area contributed by atoms with Crippen LogP contribution in [0, 0.1) is 13.8 Å². The van der Waals surface area contributed by atoms with E-state index in [4.69, 9.17) is 10.5 Å². The lowest BCUT2D eigenvalue weighted by Gasteiger charge is -2.32. The molecule has 0 bridgehead atoms. The normalized spacial score (nSPS) is 18.2. The third-order valence-corrected chi connectivity index (χ3v) is 4.57. The zero-order valence-corrected chi connectivity index (χ0v) is 14.1. The van der Waals surface area contributed by atoms with E-state index in [0.717, 1.165) is 22.1 Å². The SMILES string of the molecule is Cc1cc(N)cc([C@@H]2CN(C(=O)Cc3csc(C)n3)CCO2)n1. The molecule has 3 heterocycles. The highest BCUT2D eigenvalue weighted by Crippen LogP contribution is 2.23. The summed E-state index contributed by atoms with van der Waals surface area (Å²) < 4.78 is 5.78. The summed E-state index contributed by atoms with van der Waals surface area (Å²) in [5.41, 5.74) is 9.01. The molecule has 1 fully saturated rings. The van der Waals surface area contributed by atoms with Crippen LogP contribution in [0.15, 0.2) is 17.5 Å². The van der Waals surface area contributed by atoms with Crippen molar-refractivity contribution in [2.75, 3.05) is 25.4 Å². The van der Waals surface area contributed by atoms with E-state index < -0.39 is 0 Å². The summed E-state index contributed by atoms with van der Waals surface area (Å²) in [5.74, 6) is 0.0734. The van der Waals surface area contributed by atoms with Crippen molar-refractivity contribution in [3.63, 3.8) is 0 Å². The summed E-state index contributed by atoms with van der Waals surface area (Å²) in [6.07, 6.45) is 0.104. The van der Waals surface area contributed by atoms with Crippen LogP contribution in [0.3, 0.4) is 0 Å². The number of nitrogens with zero attached hydrogens (tertiary/aromatic N) is 3. The van der Waals surface area contributed by atoms with E-state index in [0.29, 0.717) is 31.8 Å². The van der Waals surface area contributed by atoms with Gasteiger partial charge in [-0.3, -0.25) is 9.78 Å². The molecule has 0 unspecified atom stereocenters. The van der Waals surface area contributed by atoms with Crippen LogP contribution in [-0.4, -0.2) is 40.5 Å². The van der Waals surface area contributed by atoms with E-state index >= 15 is 0 Å². The molecule has 122 valence electrons. The fourth-order valence-corrected chi connectivity index (χ4v) is 3.31. The number of anilines is 1. The molecule has 1 atom stereocenters. The molecule has 7 heteroatoms. The Bertz CT molecular complexity index is 696. The number of hydrogen-bond acceptors (Lipinski definition) is 6. The first-order valence-electron chi connectivity index (χ1n) is 7.55. The number of amides is 1. The molecular formula is C16H20N4O2S. The Kier molecular flexibility index (Phi) is 4.58. The smallest absolute Gasteiger partial charge is 0.228 e. The van der Waals surface area contributed by atoms with Gasteiger partial charge in [0.25, 0.3) is 0 Å². The average Bonchev–Trinajstić information content (AvgIpc) is 2.91. The summed E-state index contributed by atoms with van der Waals surface area (Å²) in [6.45, 7) is 5.44. The van der Waals surface area contributed by atoms with Crippen LogP contribution in [-0.2, 0) is 16.0 Å². The minimum absolute atomic E-state index is 0.0734. The average molecular weight is 332 g/mol. The maximum atomic E-state index is 12.5. The van der Waals surface area contributed by atoms with Gasteiger partial charge in [0.1, 0.15) is 6.10 Å². The Morgan fingerprint density at radius 1 is 1.43 bits per heavy atom. The number of ether oxygens (including phenoxy) is 1. The summed E-state index contributed by atoms with van der Waals surface area (Å²) in [5, 5.41) is 2.92. The van der Waals surface area contributed by atoms with Crippen LogP contribution in [0.1, 0.15) is 28.2 Å². The number of rotatable bonds is 3. The molecule has 2 aromatic rings. The summed E-state index contributed by atoms with van der Waals surface area (Å²) in [4.78, 5) is 23.1. The fraction of sp³-hybridized carbons (Fsp3) is 0.438. The van der Waals surface area contributed by atoms with E-state index in [2.05, 4.69) is 9.97 Å². The van der Waals surface area contributed by atoms with Crippen molar-refractivity contribution < 1.29 is 9.53 Å². The number of carbonyl (C=O) groups is 1. The Hall–Kier alpha value is -1.99. The molecule has 1 aliphatic rings. The van der Waals surface area contributed by atoms with E-state index in [1.165, 1.54) is 0 Å². The Morgan fingerprint density at radius 2 is 2.26 bits per heavy atom. The molecule has 2 N–H and O–H groups in total. The minimum atomic E-state index is -0.230. The second-order valence-corrected chi connectivity index (χ2v) is 6.76.